The highest BCUT2D eigenvalue weighted by atomic mass is 32.2. The molecule has 0 saturated carbocycles. The first kappa shape index (κ1) is 13.7. The smallest absolute Gasteiger partial charge is 0.216 e. The molecule has 1 N–H and O–H groups in total. The molecule has 0 aromatic rings. The SMILES string of the molecule is CC(C)(C)C1=CCN(S(=O)(=O)CCO)CC1. The van der Waals surface area contributed by atoms with Crippen molar-refractivity contribution in [2.45, 2.75) is 27.2 Å². The fraction of sp³-hybridized carbons (Fsp3) is 0.818. The number of aliphatic hydroxyl groups is 1. The third-order valence-electron chi connectivity index (χ3n) is 2.88. The summed E-state index contributed by atoms with van der Waals surface area (Å²) in [7, 11) is -3.26. The molecule has 1 aliphatic rings. The Kier molecular flexibility index (Phi) is 4.15. The van der Waals surface area contributed by atoms with E-state index in [-0.39, 0.29) is 17.8 Å². The van der Waals surface area contributed by atoms with Crippen LogP contribution in [-0.2, 0) is 10.0 Å². The van der Waals surface area contributed by atoms with Gasteiger partial charge in [-0.25, -0.2) is 8.42 Å². The molecule has 5 heteroatoms. The molecule has 4 nitrogen and oxygen atoms in total. The molecular weight excluding hydrogens is 226 g/mol. The molecule has 1 heterocycles. The molecule has 94 valence electrons. The molecule has 0 unspecified atom stereocenters. The van der Waals surface area contributed by atoms with Crippen LogP contribution in [-0.4, -0.2) is 43.3 Å². The van der Waals surface area contributed by atoms with Crippen LogP contribution in [0.15, 0.2) is 11.6 Å². The van der Waals surface area contributed by atoms with E-state index in [0.717, 1.165) is 6.42 Å². The molecule has 0 atom stereocenters. The first-order valence-electron chi connectivity index (χ1n) is 5.55. The first-order valence-corrected chi connectivity index (χ1v) is 7.16. The van der Waals surface area contributed by atoms with Crippen LogP contribution in [0.2, 0.25) is 0 Å². The number of aliphatic hydroxyl groups excluding tert-OH is 1. The van der Waals surface area contributed by atoms with Gasteiger partial charge in [0, 0.05) is 13.1 Å². The minimum atomic E-state index is -3.26. The lowest BCUT2D eigenvalue weighted by atomic mass is 9.83. The third kappa shape index (κ3) is 3.30. The van der Waals surface area contributed by atoms with E-state index in [9.17, 15) is 8.42 Å². The maximum atomic E-state index is 11.7. The average molecular weight is 247 g/mol. The van der Waals surface area contributed by atoms with Crippen molar-refractivity contribution < 1.29 is 13.5 Å². The molecule has 0 amide bonds. The minimum absolute atomic E-state index is 0.118. The van der Waals surface area contributed by atoms with E-state index in [1.54, 1.807) is 0 Å². The van der Waals surface area contributed by atoms with Crippen molar-refractivity contribution in [2.75, 3.05) is 25.4 Å². The highest BCUT2D eigenvalue weighted by molar-refractivity contribution is 7.89. The molecule has 0 aliphatic carbocycles. The van der Waals surface area contributed by atoms with Gasteiger partial charge in [0.2, 0.25) is 10.0 Å². The van der Waals surface area contributed by atoms with E-state index < -0.39 is 10.0 Å². The Labute approximate surface area is 98.0 Å². The Balaban J connectivity index is 2.72. The highest BCUT2D eigenvalue weighted by Gasteiger charge is 2.27. The van der Waals surface area contributed by atoms with Gasteiger partial charge in [-0.15, -0.1) is 0 Å². The largest absolute Gasteiger partial charge is 0.395 e. The second-order valence-corrected chi connectivity index (χ2v) is 7.22. The van der Waals surface area contributed by atoms with Crippen molar-refractivity contribution in [1.29, 1.82) is 0 Å². The summed E-state index contributed by atoms with van der Waals surface area (Å²) in [5.74, 6) is -0.175. The summed E-state index contributed by atoms with van der Waals surface area (Å²) < 4.78 is 24.8. The van der Waals surface area contributed by atoms with Crippen LogP contribution in [0.3, 0.4) is 0 Å². The van der Waals surface area contributed by atoms with Crippen LogP contribution < -0.4 is 0 Å². The molecule has 0 spiro atoms. The monoisotopic (exact) mass is 247 g/mol. The Morgan fingerprint density at radius 1 is 1.44 bits per heavy atom. The summed E-state index contributed by atoms with van der Waals surface area (Å²) in [4.78, 5) is 0. The lowest BCUT2D eigenvalue weighted by Gasteiger charge is -2.31. The molecule has 16 heavy (non-hydrogen) atoms. The second-order valence-electron chi connectivity index (χ2n) is 5.13. The van der Waals surface area contributed by atoms with Gasteiger partial charge in [-0.3, -0.25) is 0 Å². The van der Waals surface area contributed by atoms with Crippen molar-refractivity contribution in [3.8, 4) is 0 Å². The zero-order valence-corrected chi connectivity index (χ0v) is 11.0. The van der Waals surface area contributed by atoms with E-state index >= 15 is 0 Å². The lowest BCUT2D eigenvalue weighted by Crippen LogP contribution is -2.38. The Hall–Kier alpha value is -0.390. The minimum Gasteiger partial charge on any atom is -0.395 e. The van der Waals surface area contributed by atoms with E-state index in [0.29, 0.717) is 13.1 Å². The predicted octanol–water partition coefficient (Wildman–Crippen LogP) is 0.987. The average Bonchev–Trinajstić information content (AvgIpc) is 2.16. The Bertz CT molecular complexity index is 365. The van der Waals surface area contributed by atoms with Crippen LogP contribution in [0.1, 0.15) is 27.2 Å². The summed E-state index contributed by atoms with van der Waals surface area (Å²) in [6.07, 6.45) is 2.78. The summed E-state index contributed by atoms with van der Waals surface area (Å²) in [6.45, 7) is 7.07. The molecule has 0 bridgehead atoms. The zero-order valence-electron chi connectivity index (χ0n) is 10.2. The molecular formula is C11H21NO3S. The number of hydrogen-bond acceptors (Lipinski definition) is 3. The zero-order chi connectivity index (χ0) is 12.4. The van der Waals surface area contributed by atoms with Gasteiger partial charge in [0.25, 0.3) is 0 Å². The summed E-state index contributed by atoms with van der Waals surface area (Å²) >= 11 is 0. The van der Waals surface area contributed by atoms with Crippen molar-refractivity contribution in [3.63, 3.8) is 0 Å². The van der Waals surface area contributed by atoms with Crippen molar-refractivity contribution in [2.24, 2.45) is 5.41 Å². The standard InChI is InChI=1S/C11H21NO3S/c1-11(2,3)10-4-6-12(7-5-10)16(14,15)9-8-13/h4,13H,5-9H2,1-3H3. The van der Waals surface area contributed by atoms with Crippen LogP contribution in [0.5, 0.6) is 0 Å². The molecule has 0 radical (unpaired) electrons. The van der Waals surface area contributed by atoms with Crippen molar-refractivity contribution in [1.82, 2.24) is 4.31 Å². The van der Waals surface area contributed by atoms with Crippen LogP contribution in [0.4, 0.5) is 0 Å². The number of hydrogen-bond donors (Lipinski definition) is 1. The van der Waals surface area contributed by atoms with Gasteiger partial charge in [0.05, 0.1) is 12.4 Å². The van der Waals surface area contributed by atoms with Gasteiger partial charge < -0.3 is 5.11 Å². The van der Waals surface area contributed by atoms with E-state index in [1.165, 1.54) is 9.88 Å². The molecule has 0 aromatic heterocycles. The van der Waals surface area contributed by atoms with E-state index in [1.807, 2.05) is 6.08 Å². The molecule has 0 saturated heterocycles. The van der Waals surface area contributed by atoms with Gasteiger partial charge in [-0.05, 0) is 11.8 Å². The van der Waals surface area contributed by atoms with Gasteiger partial charge in [0.1, 0.15) is 0 Å². The molecule has 1 aliphatic heterocycles. The van der Waals surface area contributed by atoms with Crippen molar-refractivity contribution in [3.05, 3.63) is 11.6 Å². The maximum Gasteiger partial charge on any atom is 0.216 e. The van der Waals surface area contributed by atoms with Gasteiger partial charge >= 0.3 is 0 Å². The molecule has 1 rings (SSSR count). The van der Waals surface area contributed by atoms with Crippen LogP contribution in [0.25, 0.3) is 0 Å². The van der Waals surface area contributed by atoms with Gasteiger partial charge in [0.15, 0.2) is 0 Å². The fourth-order valence-corrected chi connectivity index (χ4v) is 2.99. The second kappa shape index (κ2) is 4.85. The van der Waals surface area contributed by atoms with Crippen LogP contribution in [0, 0.1) is 5.41 Å². The van der Waals surface area contributed by atoms with Crippen LogP contribution >= 0.6 is 0 Å². The highest BCUT2D eigenvalue weighted by Crippen LogP contribution is 2.30. The fourth-order valence-electron chi connectivity index (χ4n) is 1.83. The third-order valence-corrected chi connectivity index (χ3v) is 4.69. The quantitative estimate of drug-likeness (QED) is 0.757. The molecule has 0 aromatic carbocycles. The summed E-state index contributed by atoms with van der Waals surface area (Å²) in [6, 6.07) is 0. The summed E-state index contributed by atoms with van der Waals surface area (Å²) in [5, 5.41) is 8.69. The van der Waals surface area contributed by atoms with E-state index in [4.69, 9.17) is 5.11 Å². The van der Waals surface area contributed by atoms with Crippen molar-refractivity contribution >= 4 is 10.0 Å². The van der Waals surface area contributed by atoms with Gasteiger partial charge in [-0.1, -0.05) is 32.4 Å². The Morgan fingerprint density at radius 2 is 2.06 bits per heavy atom. The molecule has 0 fully saturated rings. The number of sulfonamides is 1. The number of nitrogens with zero attached hydrogens (tertiary/aromatic N) is 1. The normalized spacial score (nSPS) is 19.6. The lowest BCUT2D eigenvalue weighted by molar-refractivity contribution is 0.313. The number of rotatable bonds is 3. The summed E-state index contributed by atoms with van der Waals surface area (Å²) in [5.41, 5.74) is 1.43. The topological polar surface area (TPSA) is 57.6 Å². The van der Waals surface area contributed by atoms with Gasteiger partial charge in [-0.2, -0.15) is 4.31 Å². The Morgan fingerprint density at radius 3 is 2.44 bits per heavy atom. The first-order chi connectivity index (χ1) is 7.27. The van der Waals surface area contributed by atoms with E-state index in [2.05, 4.69) is 20.8 Å². The predicted molar refractivity (Wildman–Crippen MR) is 64.6 cm³/mol. The maximum absolute atomic E-state index is 11.7.